The van der Waals surface area contributed by atoms with Crippen LogP contribution in [0.1, 0.15) is 19.3 Å². The van der Waals surface area contributed by atoms with Crippen LogP contribution in [0, 0.1) is 11.8 Å². The van der Waals surface area contributed by atoms with Gasteiger partial charge in [-0.2, -0.15) is 5.10 Å². The molecule has 1 saturated heterocycles. The van der Waals surface area contributed by atoms with Gasteiger partial charge in [0.1, 0.15) is 0 Å². The van der Waals surface area contributed by atoms with Gasteiger partial charge in [0, 0.05) is 17.2 Å². The van der Waals surface area contributed by atoms with Crippen LogP contribution in [0.25, 0.3) is 10.9 Å². The number of hydrogen-bond acceptors (Lipinski definition) is 3. The number of nitrogens with zero attached hydrogens (tertiary/aromatic N) is 2. The Hall–Kier alpha value is -2.17. The van der Waals surface area contributed by atoms with Crippen LogP contribution in [-0.2, 0) is 9.59 Å². The van der Waals surface area contributed by atoms with E-state index >= 15 is 0 Å². The standard InChI is InChI=1S/C14H13N3O2/c18-13-8-5-6-9(7-8)14(19)17(13)12-10-3-1-2-4-11(10)15-16-12/h1-4,8-9H,5-7H2,(H,15,16). The number of nitrogens with one attached hydrogen (secondary N) is 1. The molecule has 2 fully saturated rings. The Balaban J connectivity index is 1.87. The number of imide groups is 1. The number of rotatable bonds is 1. The number of carbonyl (C=O) groups is 2. The number of aromatic amines is 1. The molecule has 1 aromatic heterocycles. The lowest BCUT2D eigenvalue weighted by atomic mass is 9.97. The zero-order valence-corrected chi connectivity index (χ0v) is 10.3. The molecule has 5 heteroatoms. The smallest absolute Gasteiger partial charge is 0.238 e. The number of benzene rings is 1. The molecule has 0 radical (unpaired) electrons. The summed E-state index contributed by atoms with van der Waals surface area (Å²) in [5, 5.41) is 7.88. The summed E-state index contributed by atoms with van der Waals surface area (Å²) in [6, 6.07) is 7.55. The molecule has 2 unspecified atom stereocenters. The van der Waals surface area contributed by atoms with Crippen molar-refractivity contribution in [2.75, 3.05) is 4.90 Å². The second kappa shape index (κ2) is 3.66. The molecule has 2 aromatic rings. The summed E-state index contributed by atoms with van der Waals surface area (Å²) in [7, 11) is 0. The maximum absolute atomic E-state index is 12.4. The summed E-state index contributed by atoms with van der Waals surface area (Å²) in [6.07, 6.45) is 2.37. The van der Waals surface area contributed by atoms with E-state index in [4.69, 9.17) is 0 Å². The number of piperidine rings is 1. The lowest BCUT2D eigenvalue weighted by molar-refractivity contribution is -0.133. The quantitative estimate of drug-likeness (QED) is 0.791. The third kappa shape index (κ3) is 1.38. The van der Waals surface area contributed by atoms with Crippen molar-refractivity contribution in [3.05, 3.63) is 24.3 Å². The molecule has 1 aliphatic heterocycles. The number of fused-ring (bicyclic) bond motifs is 3. The zero-order chi connectivity index (χ0) is 13.0. The van der Waals surface area contributed by atoms with Crippen molar-refractivity contribution in [3.63, 3.8) is 0 Å². The van der Waals surface area contributed by atoms with E-state index in [0.717, 1.165) is 30.2 Å². The first-order valence-electron chi connectivity index (χ1n) is 6.56. The van der Waals surface area contributed by atoms with Crippen LogP contribution in [0.15, 0.2) is 24.3 Å². The van der Waals surface area contributed by atoms with Gasteiger partial charge in [-0.1, -0.05) is 12.1 Å². The molecule has 2 atom stereocenters. The number of H-pyrrole nitrogens is 1. The third-order valence-electron chi connectivity index (χ3n) is 4.23. The van der Waals surface area contributed by atoms with Crippen LogP contribution in [-0.4, -0.2) is 22.0 Å². The highest BCUT2D eigenvalue weighted by molar-refractivity contribution is 6.21. The number of para-hydroxylation sites is 1. The molecule has 1 saturated carbocycles. The van der Waals surface area contributed by atoms with Crippen molar-refractivity contribution in [1.29, 1.82) is 0 Å². The summed E-state index contributed by atoms with van der Waals surface area (Å²) in [5.41, 5.74) is 0.844. The summed E-state index contributed by atoms with van der Waals surface area (Å²) in [6.45, 7) is 0. The highest BCUT2D eigenvalue weighted by Gasteiger charge is 2.46. The van der Waals surface area contributed by atoms with E-state index in [1.54, 1.807) is 0 Å². The summed E-state index contributed by atoms with van der Waals surface area (Å²) >= 11 is 0. The fraction of sp³-hybridized carbons (Fsp3) is 0.357. The summed E-state index contributed by atoms with van der Waals surface area (Å²) < 4.78 is 0. The van der Waals surface area contributed by atoms with Crippen LogP contribution in [0.2, 0.25) is 0 Å². The first kappa shape index (κ1) is 10.7. The lowest BCUT2D eigenvalue weighted by Crippen LogP contribution is -2.46. The number of carbonyl (C=O) groups excluding carboxylic acids is 2. The van der Waals surface area contributed by atoms with E-state index in [9.17, 15) is 9.59 Å². The molecular formula is C14H13N3O2. The molecule has 2 heterocycles. The molecule has 19 heavy (non-hydrogen) atoms. The van der Waals surface area contributed by atoms with Gasteiger partial charge in [-0.15, -0.1) is 0 Å². The summed E-state index contributed by atoms with van der Waals surface area (Å²) in [5.74, 6) is 0.283. The Labute approximate surface area is 109 Å². The van der Waals surface area contributed by atoms with Gasteiger partial charge in [0.05, 0.1) is 5.52 Å². The lowest BCUT2D eigenvalue weighted by Gasteiger charge is -2.28. The molecular weight excluding hydrogens is 242 g/mol. The van der Waals surface area contributed by atoms with Crippen molar-refractivity contribution in [2.24, 2.45) is 11.8 Å². The predicted molar refractivity (Wildman–Crippen MR) is 69.4 cm³/mol. The number of hydrogen-bond donors (Lipinski definition) is 1. The van der Waals surface area contributed by atoms with E-state index in [0.29, 0.717) is 5.82 Å². The van der Waals surface area contributed by atoms with Crippen molar-refractivity contribution in [3.8, 4) is 0 Å². The average Bonchev–Trinajstić information content (AvgIpc) is 3.03. The first-order chi connectivity index (χ1) is 9.25. The Morgan fingerprint density at radius 1 is 1.11 bits per heavy atom. The fourth-order valence-electron chi connectivity index (χ4n) is 3.23. The van der Waals surface area contributed by atoms with Crippen molar-refractivity contribution >= 4 is 28.5 Å². The second-order valence-corrected chi connectivity index (χ2v) is 5.31. The molecule has 1 aliphatic carbocycles. The Morgan fingerprint density at radius 2 is 1.79 bits per heavy atom. The summed E-state index contributed by atoms with van der Waals surface area (Å²) in [4.78, 5) is 26.1. The molecule has 5 nitrogen and oxygen atoms in total. The third-order valence-corrected chi connectivity index (χ3v) is 4.23. The zero-order valence-electron chi connectivity index (χ0n) is 10.3. The topological polar surface area (TPSA) is 66.1 Å². The number of aromatic nitrogens is 2. The van der Waals surface area contributed by atoms with E-state index in [2.05, 4.69) is 10.2 Å². The van der Waals surface area contributed by atoms with Crippen LogP contribution < -0.4 is 4.90 Å². The van der Waals surface area contributed by atoms with Crippen LogP contribution in [0.5, 0.6) is 0 Å². The van der Waals surface area contributed by atoms with E-state index in [1.807, 2.05) is 24.3 Å². The monoisotopic (exact) mass is 255 g/mol. The molecule has 96 valence electrons. The van der Waals surface area contributed by atoms with Crippen molar-refractivity contribution in [2.45, 2.75) is 19.3 Å². The molecule has 4 rings (SSSR count). The largest absolute Gasteiger partial charge is 0.276 e. The van der Waals surface area contributed by atoms with E-state index in [-0.39, 0.29) is 23.7 Å². The Bertz CT molecular complexity index is 669. The Morgan fingerprint density at radius 3 is 2.53 bits per heavy atom. The van der Waals surface area contributed by atoms with Crippen LogP contribution >= 0.6 is 0 Å². The molecule has 1 N–H and O–H groups in total. The molecule has 0 spiro atoms. The van der Waals surface area contributed by atoms with E-state index < -0.39 is 0 Å². The van der Waals surface area contributed by atoms with Gasteiger partial charge in [-0.25, -0.2) is 4.90 Å². The molecule has 2 aliphatic rings. The van der Waals surface area contributed by atoms with Gasteiger partial charge in [0.25, 0.3) is 0 Å². The van der Waals surface area contributed by atoms with Gasteiger partial charge < -0.3 is 0 Å². The highest BCUT2D eigenvalue weighted by atomic mass is 16.2. The molecule has 1 aromatic carbocycles. The highest BCUT2D eigenvalue weighted by Crippen LogP contribution is 2.40. The van der Waals surface area contributed by atoms with Crippen molar-refractivity contribution < 1.29 is 9.59 Å². The van der Waals surface area contributed by atoms with Gasteiger partial charge in [-0.3, -0.25) is 14.7 Å². The minimum atomic E-state index is -0.0870. The molecule has 2 bridgehead atoms. The molecule has 2 amide bonds. The number of anilines is 1. The van der Waals surface area contributed by atoms with Gasteiger partial charge in [-0.05, 0) is 31.4 Å². The fourth-order valence-corrected chi connectivity index (χ4v) is 3.23. The van der Waals surface area contributed by atoms with Gasteiger partial charge in [0.15, 0.2) is 5.82 Å². The maximum atomic E-state index is 12.4. The maximum Gasteiger partial charge on any atom is 0.238 e. The normalized spacial score (nSPS) is 26.4. The van der Waals surface area contributed by atoms with Gasteiger partial charge >= 0.3 is 0 Å². The minimum absolute atomic E-state index is 0.00170. The Kier molecular flexibility index (Phi) is 2.07. The minimum Gasteiger partial charge on any atom is -0.276 e. The average molecular weight is 255 g/mol. The van der Waals surface area contributed by atoms with Crippen LogP contribution in [0.4, 0.5) is 5.82 Å². The van der Waals surface area contributed by atoms with Gasteiger partial charge in [0.2, 0.25) is 11.8 Å². The van der Waals surface area contributed by atoms with Crippen molar-refractivity contribution in [1.82, 2.24) is 10.2 Å². The van der Waals surface area contributed by atoms with E-state index in [1.165, 1.54) is 4.90 Å². The number of amides is 2. The first-order valence-corrected chi connectivity index (χ1v) is 6.56. The second-order valence-electron chi connectivity index (χ2n) is 5.31. The predicted octanol–water partition coefficient (Wildman–Crippen LogP) is 1.85. The van der Waals surface area contributed by atoms with Crippen LogP contribution in [0.3, 0.4) is 0 Å². The SMILES string of the molecule is O=C1C2CCC(C2)C(=O)N1c1n[nH]c2ccccc12.